The monoisotopic (exact) mass is 575 g/mol. The Bertz CT molecular complexity index is 1360. The summed E-state index contributed by atoms with van der Waals surface area (Å²) < 4.78 is 10.8. The minimum atomic E-state index is -1.50. The number of carbonyl (C=O) groups is 4. The number of pyridine rings is 1. The van der Waals surface area contributed by atoms with Crippen molar-refractivity contribution in [1.29, 1.82) is 0 Å². The first-order valence-electron chi connectivity index (χ1n) is 11.7. The number of thioether (sulfide) groups is 1. The number of nitrogen functional groups attached to an aromatic ring is 1. The number of carboxylic acid groups (broad SMARTS) is 1. The smallest absolute Gasteiger partial charge is 0.352 e. The fourth-order valence-corrected chi connectivity index (χ4v) is 5.29. The lowest BCUT2D eigenvalue weighted by Crippen LogP contribution is -2.69. The number of hydrogen-bond donors (Lipinski definition) is 2. The summed E-state index contributed by atoms with van der Waals surface area (Å²) in [6.07, 6.45) is 4.97. The predicted octanol–water partition coefficient (Wildman–Crippen LogP) is -1.18. The molecule has 2 aromatic heterocycles. The summed E-state index contributed by atoms with van der Waals surface area (Å²) in [6.45, 7) is 5.09. The standard InChI is InChI=1S/C23H25N7O7S2/c1-4-36-21(35)23(2,3)37-27-14(16-26-22(24)39-28-16)17(31)25-15-18(32)30-10-12(11-38-19(15)30)9-29-7-5-13(6-8-29)20(33)34/h5-8,10,15,19H,4,9,11H2,1-3H3,(H3-,24,25,26,28,31,33,34)/b27-14-/t15?,19-/m1/s1. The lowest BCUT2D eigenvalue weighted by molar-refractivity contribution is -0.689. The van der Waals surface area contributed by atoms with Crippen molar-refractivity contribution in [2.24, 2.45) is 5.16 Å². The molecule has 2 aliphatic rings. The number of carbonyl (C=O) groups excluding carboxylic acids is 4. The normalized spacial score (nSPS) is 18.9. The first-order valence-corrected chi connectivity index (χ1v) is 13.5. The van der Waals surface area contributed by atoms with Gasteiger partial charge in [0.25, 0.3) is 11.8 Å². The summed E-state index contributed by atoms with van der Waals surface area (Å²) in [7, 11) is 0. The van der Waals surface area contributed by atoms with E-state index in [-0.39, 0.29) is 40.1 Å². The minimum Gasteiger partial charge on any atom is -0.545 e. The summed E-state index contributed by atoms with van der Waals surface area (Å²) in [5.74, 6) is -2.57. The van der Waals surface area contributed by atoms with Crippen LogP contribution in [0.5, 0.6) is 0 Å². The molecular weight excluding hydrogens is 550 g/mol. The third-order valence-electron chi connectivity index (χ3n) is 5.64. The highest BCUT2D eigenvalue weighted by Crippen LogP contribution is 2.36. The number of hydrogen-bond acceptors (Lipinski definition) is 13. The third kappa shape index (κ3) is 6.17. The number of aromatic carboxylic acids is 1. The number of β-lactam (4-membered cyclic amide) rings is 1. The summed E-state index contributed by atoms with van der Waals surface area (Å²) in [4.78, 5) is 60.0. The number of aromatic nitrogens is 3. The van der Waals surface area contributed by atoms with E-state index in [4.69, 9.17) is 15.3 Å². The number of fused-ring (bicyclic) bond motifs is 1. The number of nitrogens with one attached hydrogen (secondary N) is 1. The second-order valence-electron chi connectivity index (χ2n) is 8.95. The van der Waals surface area contributed by atoms with Crippen molar-refractivity contribution in [3.63, 3.8) is 0 Å². The molecule has 14 nitrogen and oxygen atoms in total. The molecule has 2 aliphatic heterocycles. The van der Waals surface area contributed by atoms with Gasteiger partial charge in [-0.2, -0.15) is 9.36 Å². The van der Waals surface area contributed by atoms with E-state index >= 15 is 0 Å². The largest absolute Gasteiger partial charge is 0.545 e. The number of anilines is 1. The second kappa shape index (κ2) is 11.4. The number of carboxylic acids is 1. The molecule has 0 saturated carbocycles. The zero-order valence-corrected chi connectivity index (χ0v) is 22.8. The van der Waals surface area contributed by atoms with Gasteiger partial charge in [0.05, 0.1) is 12.6 Å². The molecule has 4 rings (SSSR count). The van der Waals surface area contributed by atoms with Crippen molar-refractivity contribution in [1.82, 2.24) is 19.6 Å². The fourth-order valence-electron chi connectivity index (χ4n) is 3.61. The molecule has 1 fully saturated rings. The molecule has 206 valence electrons. The molecule has 16 heteroatoms. The highest BCUT2D eigenvalue weighted by molar-refractivity contribution is 8.00. The fraction of sp³-hybridized carbons (Fsp3) is 0.391. The average molecular weight is 576 g/mol. The van der Waals surface area contributed by atoms with Gasteiger partial charge in [-0.05, 0) is 20.8 Å². The van der Waals surface area contributed by atoms with E-state index < -0.39 is 29.5 Å². The third-order valence-corrected chi connectivity index (χ3v) is 7.56. The van der Waals surface area contributed by atoms with Gasteiger partial charge in [0, 0.05) is 46.8 Å². The SMILES string of the molecule is CCOC(=O)C(C)(C)O/N=C(\C(=O)NC1C(=O)N2C=C(C[n+]3ccc(C(=O)[O-])cc3)CS[C@H]12)c1nsc(N)n1. The Morgan fingerprint density at radius 3 is 2.67 bits per heavy atom. The average Bonchev–Trinajstić information content (AvgIpc) is 3.33. The molecule has 4 heterocycles. The van der Waals surface area contributed by atoms with Crippen molar-refractivity contribution >= 4 is 57.9 Å². The molecule has 2 amide bonds. The molecule has 0 aromatic carbocycles. The quantitative estimate of drug-likeness (QED) is 0.114. The Morgan fingerprint density at radius 1 is 1.33 bits per heavy atom. The van der Waals surface area contributed by atoms with Crippen LogP contribution in [0.2, 0.25) is 0 Å². The Hall–Kier alpha value is -4.05. The number of amides is 2. The van der Waals surface area contributed by atoms with Gasteiger partial charge in [-0.1, -0.05) is 5.16 Å². The Morgan fingerprint density at radius 2 is 2.05 bits per heavy atom. The minimum absolute atomic E-state index is 0.0723. The van der Waals surface area contributed by atoms with E-state index in [1.165, 1.54) is 42.6 Å². The molecule has 39 heavy (non-hydrogen) atoms. The van der Waals surface area contributed by atoms with Crippen molar-refractivity contribution in [3.8, 4) is 0 Å². The summed E-state index contributed by atoms with van der Waals surface area (Å²) in [5.41, 5.74) is 4.82. The maximum Gasteiger partial charge on any atom is 0.352 e. The molecule has 2 aromatic rings. The van der Waals surface area contributed by atoms with Crippen molar-refractivity contribution in [2.75, 3.05) is 18.1 Å². The molecule has 0 bridgehead atoms. The van der Waals surface area contributed by atoms with E-state index in [0.717, 1.165) is 17.1 Å². The van der Waals surface area contributed by atoms with Crippen LogP contribution in [0.3, 0.4) is 0 Å². The van der Waals surface area contributed by atoms with E-state index in [1.54, 1.807) is 30.1 Å². The second-order valence-corrected chi connectivity index (χ2v) is 10.8. The van der Waals surface area contributed by atoms with Gasteiger partial charge in [0.15, 0.2) is 24.1 Å². The van der Waals surface area contributed by atoms with Gasteiger partial charge < -0.3 is 35.4 Å². The van der Waals surface area contributed by atoms with Crippen LogP contribution in [0.4, 0.5) is 5.13 Å². The lowest BCUT2D eigenvalue weighted by Gasteiger charge is -2.47. The van der Waals surface area contributed by atoms with Crippen LogP contribution in [-0.2, 0) is 30.5 Å². The van der Waals surface area contributed by atoms with Crippen LogP contribution in [0.25, 0.3) is 0 Å². The molecule has 1 saturated heterocycles. The van der Waals surface area contributed by atoms with E-state index in [0.29, 0.717) is 12.3 Å². The molecule has 0 radical (unpaired) electrons. The molecule has 2 atom stereocenters. The summed E-state index contributed by atoms with van der Waals surface area (Å²) in [6, 6.07) is 2.04. The van der Waals surface area contributed by atoms with Gasteiger partial charge in [-0.25, -0.2) is 9.36 Å². The van der Waals surface area contributed by atoms with E-state index in [9.17, 15) is 24.3 Å². The first kappa shape index (κ1) is 28.0. The van der Waals surface area contributed by atoms with Gasteiger partial charge in [0.1, 0.15) is 11.4 Å². The number of esters is 1. The van der Waals surface area contributed by atoms with Crippen LogP contribution in [0.15, 0.2) is 41.5 Å². The van der Waals surface area contributed by atoms with Gasteiger partial charge in [0.2, 0.25) is 17.1 Å². The lowest BCUT2D eigenvalue weighted by atomic mass is 10.1. The maximum absolute atomic E-state index is 13.2. The molecule has 0 aliphatic carbocycles. The zero-order valence-electron chi connectivity index (χ0n) is 21.2. The van der Waals surface area contributed by atoms with Crippen molar-refractivity contribution in [2.45, 2.75) is 44.3 Å². The zero-order chi connectivity index (χ0) is 28.3. The van der Waals surface area contributed by atoms with Crippen LogP contribution in [0, 0.1) is 0 Å². The van der Waals surface area contributed by atoms with Crippen LogP contribution >= 0.6 is 23.3 Å². The number of rotatable bonds is 10. The number of nitrogens with two attached hydrogens (primary N) is 1. The first-order chi connectivity index (χ1) is 18.5. The molecule has 3 N–H and O–H groups in total. The highest BCUT2D eigenvalue weighted by Gasteiger charge is 2.50. The van der Waals surface area contributed by atoms with Crippen LogP contribution in [-0.4, -0.2) is 73.1 Å². The summed E-state index contributed by atoms with van der Waals surface area (Å²) in [5, 5.41) is 17.2. The van der Waals surface area contributed by atoms with Crippen molar-refractivity contribution in [3.05, 3.63) is 47.7 Å². The Balaban J connectivity index is 1.44. The topological polar surface area (TPSA) is 193 Å². The highest BCUT2D eigenvalue weighted by atomic mass is 32.2. The van der Waals surface area contributed by atoms with Gasteiger partial charge in [-0.3, -0.25) is 9.59 Å². The van der Waals surface area contributed by atoms with Gasteiger partial charge in [-0.15, -0.1) is 11.8 Å². The summed E-state index contributed by atoms with van der Waals surface area (Å²) >= 11 is 2.31. The molecule has 0 spiro atoms. The van der Waals surface area contributed by atoms with E-state index in [1.807, 2.05) is 0 Å². The van der Waals surface area contributed by atoms with Crippen molar-refractivity contribution < 1.29 is 38.4 Å². The van der Waals surface area contributed by atoms with E-state index in [2.05, 4.69) is 19.8 Å². The number of oxime groups is 1. The number of ether oxygens (including phenoxy) is 1. The van der Waals surface area contributed by atoms with Gasteiger partial charge >= 0.3 is 5.97 Å². The Kier molecular flexibility index (Phi) is 8.15. The predicted molar refractivity (Wildman–Crippen MR) is 137 cm³/mol. The molecule has 1 unspecified atom stereocenters. The number of nitrogens with zero attached hydrogens (tertiary/aromatic N) is 5. The Labute approximate surface area is 231 Å². The van der Waals surface area contributed by atoms with Crippen LogP contribution in [0.1, 0.15) is 37.0 Å². The maximum atomic E-state index is 13.2. The van der Waals surface area contributed by atoms with Crippen LogP contribution < -0.4 is 20.7 Å². The molecular formula is C23H25N7O7S2.